The van der Waals surface area contributed by atoms with Gasteiger partial charge >= 0.3 is 0 Å². The first-order valence-corrected chi connectivity index (χ1v) is 5.23. The fourth-order valence-electron chi connectivity index (χ4n) is 1.14. The lowest BCUT2D eigenvalue weighted by atomic mass is 10.5. The molecule has 2 rings (SSSR count). The molecule has 2 aromatic heterocycles. The van der Waals surface area contributed by atoms with Gasteiger partial charge in [-0.2, -0.15) is 0 Å². The van der Waals surface area contributed by atoms with Gasteiger partial charge in [0, 0.05) is 12.3 Å². The summed E-state index contributed by atoms with van der Waals surface area (Å²) in [6, 6.07) is 0. The minimum atomic E-state index is 0.482. The van der Waals surface area contributed by atoms with Gasteiger partial charge in [0.05, 0.1) is 0 Å². The third kappa shape index (κ3) is 1.57. The van der Waals surface area contributed by atoms with E-state index >= 15 is 0 Å². The van der Waals surface area contributed by atoms with Gasteiger partial charge in [0.1, 0.15) is 11.4 Å². The molecule has 0 amide bonds. The number of hydrogen-bond donors (Lipinski definition) is 0. The topological polar surface area (TPSA) is 56.5 Å². The molecule has 0 radical (unpaired) electrons. The van der Waals surface area contributed by atoms with Crippen LogP contribution in [0.4, 0.5) is 0 Å². The van der Waals surface area contributed by atoms with E-state index in [2.05, 4.69) is 34.1 Å². The van der Waals surface area contributed by atoms with Crippen molar-refractivity contribution in [2.75, 3.05) is 0 Å². The smallest absolute Gasteiger partial charge is 0.182 e. The number of nitrogens with zero attached hydrogens (tertiary/aromatic N) is 5. The van der Waals surface area contributed by atoms with Crippen molar-refractivity contribution in [3.05, 3.63) is 6.33 Å². The van der Waals surface area contributed by atoms with Gasteiger partial charge in [-0.25, -0.2) is 14.6 Å². The van der Waals surface area contributed by atoms with E-state index in [1.54, 1.807) is 22.8 Å². The summed E-state index contributed by atoms with van der Waals surface area (Å²) in [4.78, 5) is 8.32. The minimum Gasteiger partial charge on any atom is -0.230 e. The first-order valence-electron chi connectivity index (χ1n) is 4.35. The molecule has 0 spiro atoms. The quantitative estimate of drug-likeness (QED) is 0.550. The Morgan fingerprint density at radius 2 is 2.14 bits per heavy atom. The summed E-state index contributed by atoms with van der Waals surface area (Å²) in [7, 11) is 1.83. The second-order valence-corrected chi connectivity index (χ2v) is 4.80. The van der Waals surface area contributed by atoms with Crippen LogP contribution in [0.1, 0.15) is 13.8 Å². The first kappa shape index (κ1) is 9.39. The van der Waals surface area contributed by atoms with E-state index in [0.29, 0.717) is 5.25 Å². The molecular formula is C8H11N5S. The van der Waals surface area contributed by atoms with E-state index in [9.17, 15) is 0 Å². The summed E-state index contributed by atoms with van der Waals surface area (Å²) in [6.45, 7) is 4.24. The van der Waals surface area contributed by atoms with Gasteiger partial charge in [-0.05, 0) is 0 Å². The third-order valence-electron chi connectivity index (χ3n) is 1.70. The van der Waals surface area contributed by atoms with Crippen molar-refractivity contribution in [1.29, 1.82) is 0 Å². The monoisotopic (exact) mass is 209 g/mol. The Morgan fingerprint density at radius 1 is 1.36 bits per heavy atom. The maximum atomic E-state index is 4.20. The lowest BCUT2D eigenvalue weighted by Crippen LogP contribution is -1.94. The Labute approximate surface area is 85.9 Å². The van der Waals surface area contributed by atoms with Gasteiger partial charge in [0.25, 0.3) is 0 Å². The highest BCUT2D eigenvalue weighted by Gasteiger charge is 2.10. The molecule has 14 heavy (non-hydrogen) atoms. The lowest BCUT2D eigenvalue weighted by molar-refractivity contribution is 0.729. The highest BCUT2D eigenvalue weighted by molar-refractivity contribution is 8.00. The maximum absolute atomic E-state index is 4.20. The average molecular weight is 209 g/mol. The van der Waals surface area contributed by atoms with Crippen molar-refractivity contribution >= 4 is 22.9 Å². The molecule has 0 aromatic carbocycles. The summed E-state index contributed by atoms with van der Waals surface area (Å²) in [5, 5.41) is 9.34. The van der Waals surface area contributed by atoms with E-state index in [4.69, 9.17) is 0 Å². The summed E-state index contributed by atoms with van der Waals surface area (Å²) in [5.74, 6) is 0. The number of fused-ring (bicyclic) bond motifs is 1. The van der Waals surface area contributed by atoms with Crippen LogP contribution in [0.3, 0.4) is 0 Å². The summed E-state index contributed by atoms with van der Waals surface area (Å²) in [5.41, 5.74) is 1.57. The van der Waals surface area contributed by atoms with E-state index in [0.717, 1.165) is 16.2 Å². The van der Waals surface area contributed by atoms with Gasteiger partial charge in [0.15, 0.2) is 11.2 Å². The van der Waals surface area contributed by atoms with Crippen LogP contribution in [0.15, 0.2) is 11.4 Å². The van der Waals surface area contributed by atoms with Crippen LogP contribution in [0.2, 0.25) is 0 Å². The van der Waals surface area contributed by atoms with Crippen LogP contribution in [-0.4, -0.2) is 30.2 Å². The van der Waals surface area contributed by atoms with Crippen LogP contribution in [0.5, 0.6) is 0 Å². The molecule has 0 bridgehead atoms. The van der Waals surface area contributed by atoms with Gasteiger partial charge in [-0.1, -0.05) is 19.1 Å². The molecule has 0 aliphatic heterocycles. The number of thioether (sulfide) groups is 1. The van der Waals surface area contributed by atoms with Crippen LogP contribution < -0.4 is 0 Å². The zero-order valence-electron chi connectivity index (χ0n) is 8.30. The average Bonchev–Trinajstić information content (AvgIpc) is 2.49. The summed E-state index contributed by atoms with van der Waals surface area (Å²) < 4.78 is 1.65. The predicted molar refractivity (Wildman–Crippen MR) is 55.1 cm³/mol. The maximum Gasteiger partial charge on any atom is 0.182 e. The molecule has 2 heterocycles. The SMILES string of the molecule is CC(C)Sc1ncnc2c1nnn2C. The van der Waals surface area contributed by atoms with E-state index in [-0.39, 0.29) is 0 Å². The first-order chi connectivity index (χ1) is 6.68. The second kappa shape index (κ2) is 3.53. The van der Waals surface area contributed by atoms with Crippen molar-refractivity contribution in [3.8, 4) is 0 Å². The van der Waals surface area contributed by atoms with Crippen LogP contribution in [-0.2, 0) is 7.05 Å². The highest BCUT2D eigenvalue weighted by Crippen LogP contribution is 2.25. The standard InChI is InChI=1S/C8H11N5S/c1-5(2)14-8-6-7(9-4-10-8)13(3)12-11-6/h4-5H,1-3H3. The Hall–Kier alpha value is -1.17. The highest BCUT2D eigenvalue weighted by atomic mass is 32.2. The number of rotatable bonds is 2. The molecule has 0 atom stereocenters. The number of aryl methyl sites for hydroxylation is 1. The Kier molecular flexibility index (Phi) is 2.37. The summed E-state index contributed by atoms with van der Waals surface area (Å²) >= 11 is 1.67. The predicted octanol–water partition coefficient (Wildman–Crippen LogP) is 1.26. The molecule has 0 aliphatic rings. The third-order valence-corrected chi connectivity index (χ3v) is 2.70. The molecular weight excluding hydrogens is 198 g/mol. The van der Waals surface area contributed by atoms with Gasteiger partial charge < -0.3 is 0 Å². The molecule has 5 nitrogen and oxygen atoms in total. The van der Waals surface area contributed by atoms with Crippen LogP contribution >= 0.6 is 11.8 Å². The van der Waals surface area contributed by atoms with Crippen molar-refractivity contribution in [2.24, 2.45) is 7.05 Å². The molecule has 2 aromatic rings. The fourth-order valence-corrected chi connectivity index (χ4v) is 1.94. The molecule has 0 saturated carbocycles. The molecule has 0 fully saturated rings. The fraction of sp³-hybridized carbons (Fsp3) is 0.500. The Balaban J connectivity index is 2.54. The van der Waals surface area contributed by atoms with Crippen LogP contribution in [0, 0.1) is 0 Å². The number of hydrogen-bond acceptors (Lipinski definition) is 5. The largest absolute Gasteiger partial charge is 0.230 e. The normalized spacial score (nSPS) is 11.4. The summed E-state index contributed by atoms with van der Waals surface area (Å²) in [6.07, 6.45) is 1.55. The van der Waals surface area contributed by atoms with Gasteiger partial charge in [-0.3, -0.25) is 0 Å². The van der Waals surface area contributed by atoms with Crippen molar-refractivity contribution in [1.82, 2.24) is 25.0 Å². The van der Waals surface area contributed by atoms with E-state index in [1.807, 2.05) is 7.05 Å². The van der Waals surface area contributed by atoms with Crippen molar-refractivity contribution < 1.29 is 0 Å². The van der Waals surface area contributed by atoms with E-state index in [1.165, 1.54) is 0 Å². The molecule has 0 aliphatic carbocycles. The molecule has 0 N–H and O–H groups in total. The minimum absolute atomic E-state index is 0.482. The zero-order valence-corrected chi connectivity index (χ0v) is 9.12. The lowest BCUT2D eigenvalue weighted by Gasteiger charge is -2.02. The van der Waals surface area contributed by atoms with Crippen LogP contribution in [0.25, 0.3) is 11.2 Å². The zero-order chi connectivity index (χ0) is 10.1. The second-order valence-electron chi connectivity index (χ2n) is 3.23. The molecule has 0 unspecified atom stereocenters. The van der Waals surface area contributed by atoms with Crippen molar-refractivity contribution in [2.45, 2.75) is 24.1 Å². The molecule has 0 saturated heterocycles. The van der Waals surface area contributed by atoms with Gasteiger partial charge in [-0.15, -0.1) is 16.9 Å². The molecule has 6 heteroatoms. The Bertz CT molecular complexity index is 450. The molecule has 74 valence electrons. The number of aromatic nitrogens is 5. The van der Waals surface area contributed by atoms with E-state index < -0.39 is 0 Å². The van der Waals surface area contributed by atoms with Crippen molar-refractivity contribution in [3.63, 3.8) is 0 Å². The van der Waals surface area contributed by atoms with Gasteiger partial charge in [0.2, 0.25) is 0 Å². The Morgan fingerprint density at radius 3 is 2.86 bits per heavy atom.